The number of nitro groups is 1. The second kappa shape index (κ2) is 7.28. The van der Waals surface area contributed by atoms with Gasteiger partial charge in [-0.25, -0.2) is 0 Å². The van der Waals surface area contributed by atoms with Gasteiger partial charge in [-0.1, -0.05) is 30.3 Å². The summed E-state index contributed by atoms with van der Waals surface area (Å²) < 4.78 is 2.28. The molecule has 4 aromatic rings. The summed E-state index contributed by atoms with van der Waals surface area (Å²) in [5.41, 5.74) is 3.51. The minimum absolute atomic E-state index is 0.0203. The molecule has 0 saturated heterocycles. The van der Waals surface area contributed by atoms with E-state index < -0.39 is 4.92 Å². The highest BCUT2D eigenvalue weighted by Gasteiger charge is 2.14. The van der Waals surface area contributed by atoms with Crippen molar-refractivity contribution in [1.82, 2.24) is 4.57 Å². The number of para-hydroxylation sites is 3. The molecule has 28 heavy (non-hydrogen) atoms. The summed E-state index contributed by atoms with van der Waals surface area (Å²) in [6, 6.07) is 20.8. The van der Waals surface area contributed by atoms with Crippen molar-refractivity contribution in [3.05, 3.63) is 76.8 Å². The Kier molecular flexibility index (Phi) is 4.67. The Morgan fingerprint density at radius 2 is 1.71 bits per heavy atom. The lowest BCUT2D eigenvalue weighted by atomic mass is 10.1. The molecule has 0 radical (unpaired) electrons. The maximum absolute atomic E-state index is 11.2. The van der Waals surface area contributed by atoms with Gasteiger partial charge in [0.05, 0.1) is 4.92 Å². The van der Waals surface area contributed by atoms with Crippen molar-refractivity contribution in [3.8, 4) is 0 Å². The first-order valence-electron chi connectivity index (χ1n) is 8.91. The van der Waals surface area contributed by atoms with Crippen LogP contribution >= 0.6 is 12.2 Å². The fraction of sp³-hybridized carbons (Fsp3) is 0.0952. The molecule has 6 nitrogen and oxygen atoms in total. The second-order valence-electron chi connectivity index (χ2n) is 6.35. The van der Waals surface area contributed by atoms with Crippen molar-refractivity contribution in [3.63, 3.8) is 0 Å². The topological polar surface area (TPSA) is 72.1 Å². The summed E-state index contributed by atoms with van der Waals surface area (Å²) in [4.78, 5) is 10.7. The van der Waals surface area contributed by atoms with E-state index in [0.29, 0.717) is 10.8 Å². The van der Waals surface area contributed by atoms with E-state index in [0.717, 1.165) is 23.1 Å². The van der Waals surface area contributed by atoms with E-state index in [1.165, 1.54) is 17.0 Å². The predicted molar refractivity (Wildman–Crippen MR) is 118 cm³/mol. The van der Waals surface area contributed by atoms with Gasteiger partial charge in [0, 0.05) is 40.1 Å². The van der Waals surface area contributed by atoms with Crippen LogP contribution in [0.4, 0.5) is 17.1 Å². The van der Waals surface area contributed by atoms with E-state index in [4.69, 9.17) is 12.2 Å². The van der Waals surface area contributed by atoms with Gasteiger partial charge < -0.3 is 15.2 Å². The average molecular weight is 390 g/mol. The number of aromatic nitrogens is 1. The largest absolute Gasteiger partial charge is 0.341 e. The molecule has 0 saturated carbocycles. The van der Waals surface area contributed by atoms with Crippen LogP contribution in [0.25, 0.3) is 21.8 Å². The number of hydrogen-bond acceptors (Lipinski definition) is 3. The fourth-order valence-electron chi connectivity index (χ4n) is 3.50. The first-order valence-corrected chi connectivity index (χ1v) is 9.31. The maximum atomic E-state index is 11.2. The molecule has 0 bridgehead atoms. The predicted octanol–water partition coefficient (Wildman–Crippen LogP) is 5.53. The van der Waals surface area contributed by atoms with Gasteiger partial charge in [-0.2, -0.15) is 0 Å². The standard InChI is InChI=1S/C21H18N4O2S/c1-2-24-18-9-5-3-7-15(18)16-13-14(11-12-19(16)24)22-21(28)23-17-8-4-6-10-20(17)25(26)27/h3-13H,2H2,1H3,(H2,22,23,28). The molecule has 2 N–H and O–H groups in total. The van der Waals surface area contributed by atoms with E-state index in [1.807, 2.05) is 18.2 Å². The second-order valence-corrected chi connectivity index (χ2v) is 6.75. The molecule has 1 aromatic heterocycles. The number of benzene rings is 3. The summed E-state index contributed by atoms with van der Waals surface area (Å²) in [6.45, 7) is 3.01. The molecule has 0 spiro atoms. The van der Waals surface area contributed by atoms with Crippen LogP contribution in [0.5, 0.6) is 0 Å². The third-order valence-corrected chi connectivity index (χ3v) is 4.90. The highest BCUT2D eigenvalue weighted by Crippen LogP contribution is 2.31. The molecule has 0 aliphatic carbocycles. The number of nitrogens with zero attached hydrogens (tertiary/aromatic N) is 2. The number of nitro benzene ring substituents is 1. The number of fused-ring (bicyclic) bond motifs is 3. The van der Waals surface area contributed by atoms with Crippen molar-refractivity contribution < 1.29 is 4.92 Å². The fourth-order valence-corrected chi connectivity index (χ4v) is 3.72. The lowest BCUT2D eigenvalue weighted by Crippen LogP contribution is -2.19. The number of anilines is 2. The summed E-state index contributed by atoms with van der Waals surface area (Å²) >= 11 is 5.36. The highest BCUT2D eigenvalue weighted by molar-refractivity contribution is 7.80. The van der Waals surface area contributed by atoms with E-state index in [9.17, 15) is 10.1 Å². The van der Waals surface area contributed by atoms with Gasteiger partial charge in [-0.05, 0) is 49.5 Å². The first-order chi connectivity index (χ1) is 13.6. The van der Waals surface area contributed by atoms with Crippen LogP contribution in [0.3, 0.4) is 0 Å². The van der Waals surface area contributed by atoms with E-state index in [-0.39, 0.29) is 5.69 Å². The lowest BCUT2D eigenvalue weighted by Gasteiger charge is -2.11. The minimum Gasteiger partial charge on any atom is -0.341 e. The lowest BCUT2D eigenvalue weighted by molar-refractivity contribution is -0.383. The van der Waals surface area contributed by atoms with Crippen LogP contribution in [-0.2, 0) is 6.54 Å². The van der Waals surface area contributed by atoms with Crippen molar-refractivity contribution in [2.75, 3.05) is 10.6 Å². The monoisotopic (exact) mass is 390 g/mol. The van der Waals surface area contributed by atoms with Gasteiger partial charge >= 0.3 is 0 Å². The molecule has 7 heteroatoms. The summed E-state index contributed by atoms with van der Waals surface area (Å²) in [5.74, 6) is 0. The van der Waals surface area contributed by atoms with Crippen molar-refractivity contribution >= 4 is 56.2 Å². The molecule has 0 atom stereocenters. The van der Waals surface area contributed by atoms with Crippen LogP contribution in [0.2, 0.25) is 0 Å². The van der Waals surface area contributed by atoms with Crippen LogP contribution in [0.1, 0.15) is 6.92 Å². The van der Waals surface area contributed by atoms with E-state index in [2.05, 4.69) is 46.4 Å². The summed E-state index contributed by atoms with van der Waals surface area (Å²) in [6.07, 6.45) is 0. The van der Waals surface area contributed by atoms with Crippen molar-refractivity contribution in [1.29, 1.82) is 0 Å². The SMILES string of the molecule is CCn1c2ccccc2c2cc(NC(=S)Nc3ccccc3[N+](=O)[O-])ccc21. The molecule has 4 rings (SSSR count). The molecule has 140 valence electrons. The number of rotatable bonds is 4. The van der Waals surface area contributed by atoms with Crippen molar-refractivity contribution in [2.45, 2.75) is 13.5 Å². The number of aryl methyl sites for hydroxylation is 1. The third-order valence-electron chi connectivity index (χ3n) is 4.70. The zero-order valence-electron chi connectivity index (χ0n) is 15.2. The normalized spacial score (nSPS) is 10.9. The molecule has 1 heterocycles. The van der Waals surface area contributed by atoms with Gasteiger partial charge in [0.15, 0.2) is 5.11 Å². The Bertz CT molecular complexity index is 1220. The van der Waals surface area contributed by atoms with Crippen LogP contribution in [0, 0.1) is 10.1 Å². The number of hydrogen-bond donors (Lipinski definition) is 2. The van der Waals surface area contributed by atoms with Crippen LogP contribution < -0.4 is 10.6 Å². The number of thiocarbonyl (C=S) groups is 1. The smallest absolute Gasteiger partial charge is 0.292 e. The summed E-state index contributed by atoms with van der Waals surface area (Å²) in [7, 11) is 0. The molecular formula is C21H18N4O2S. The van der Waals surface area contributed by atoms with E-state index in [1.54, 1.807) is 18.2 Å². The minimum atomic E-state index is -0.434. The molecular weight excluding hydrogens is 372 g/mol. The van der Waals surface area contributed by atoms with E-state index >= 15 is 0 Å². The molecule has 3 aromatic carbocycles. The zero-order chi connectivity index (χ0) is 19.7. The maximum Gasteiger partial charge on any atom is 0.292 e. The van der Waals surface area contributed by atoms with Gasteiger partial charge in [0.25, 0.3) is 5.69 Å². The van der Waals surface area contributed by atoms with Gasteiger partial charge in [-0.3, -0.25) is 10.1 Å². The molecule has 0 aliphatic heterocycles. The molecule has 0 fully saturated rings. The zero-order valence-corrected chi connectivity index (χ0v) is 16.0. The van der Waals surface area contributed by atoms with Crippen LogP contribution in [-0.4, -0.2) is 14.6 Å². The third kappa shape index (κ3) is 3.16. The van der Waals surface area contributed by atoms with Gasteiger partial charge in [0.2, 0.25) is 0 Å². The Balaban J connectivity index is 1.65. The number of nitrogens with one attached hydrogen (secondary N) is 2. The quantitative estimate of drug-likeness (QED) is 0.272. The molecule has 0 amide bonds. The molecule has 0 unspecified atom stereocenters. The average Bonchev–Trinajstić information content (AvgIpc) is 3.01. The van der Waals surface area contributed by atoms with Gasteiger partial charge in [-0.15, -0.1) is 0 Å². The van der Waals surface area contributed by atoms with Gasteiger partial charge in [0.1, 0.15) is 5.69 Å². The Labute approximate surface area is 166 Å². The highest BCUT2D eigenvalue weighted by atomic mass is 32.1. The Morgan fingerprint density at radius 1 is 1.00 bits per heavy atom. The molecule has 0 aliphatic rings. The van der Waals surface area contributed by atoms with Crippen molar-refractivity contribution in [2.24, 2.45) is 0 Å². The van der Waals surface area contributed by atoms with Crippen LogP contribution in [0.15, 0.2) is 66.7 Å². The first kappa shape index (κ1) is 17.9. The Morgan fingerprint density at radius 3 is 2.50 bits per heavy atom. The Hall–Kier alpha value is -3.45. The summed E-state index contributed by atoms with van der Waals surface area (Å²) in [5, 5.41) is 19.8.